The minimum atomic E-state index is -0.848. The van der Waals surface area contributed by atoms with Crippen LogP contribution in [0.3, 0.4) is 0 Å². The van der Waals surface area contributed by atoms with Crippen molar-refractivity contribution in [2.45, 2.75) is 32.9 Å². The van der Waals surface area contributed by atoms with Crippen molar-refractivity contribution in [1.82, 2.24) is 29.3 Å². The molecule has 4 aromatic heterocycles. The maximum atomic E-state index is 10.3. The second-order valence-corrected chi connectivity index (χ2v) is 9.88. The molecular weight excluding hydrogens is 462 g/mol. The highest BCUT2D eigenvalue weighted by Crippen LogP contribution is 2.34. The molecule has 184 valence electrons. The number of aryl methyl sites for hydroxylation is 1. The monoisotopic (exact) mass is 489 g/mol. The molecule has 6 aromatic rings. The quantitative estimate of drug-likeness (QED) is 0.314. The second kappa shape index (κ2) is 8.83. The van der Waals surface area contributed by atoms with E-state index < -0.39 is 5.60 Å². The van der Waals surface area contributed by atoms with Gasteiger partial charge in [-0.1, -0.05) is 6.07 Å². The van der Waals surface area contributed by atoms with Gasteiger partial charge in [-0.15, -0.1) is 0 Å². The summed E-state index contributed by atoms with van der Waals surface area (Å²) in [6, 6.07) is 16.3. The van der Waals surface area contributed by atoms with E-state index in [1.807, 2.05) is 70.4 Å². The fourth-order valence-electron chi connectivity index (χ4n) is 4.67. The highest BCUT2D eigenvalue weighted by molar-refractivity contribution is 5.99. The van der Waals surface area contributed by atoms with Crippen molar-refractivity contribution in [2.24, 2.45) is 0 Å². The van der Waals surface area contributed by atoms with Crippen molar-refractivity contribution < 1.29 is 5.11 Å². The smallest absolute Gasteiger partial charge is 0.130 e. The van der Waals surface area contributed by atoms with E-state index in [4.69, 9.17) is 4.98 Å². The summed E-state index contributed by atoms with van der Waals surface area (Å²) in [5.74, 6) is 0.744. The number of aliphatic hydroxyl groups is 1. The van der Waals surface area contributed by atoms with Gasteiger partial charge in [-0.25, -0.2) is 9.97 Å². The van der Waals surface area contributed by atoms with E-state index in [2.05, 4.69) is 39.4 Å². The molecule has 0 unspecified atom stereocenters. The minimum absolute atomic E-state index is 0.422. The largest absolute Gasteiger partial charge is 0.389 e. The van der Waals surface area contributed by atoms with Gasteiger partial charge in [0.15, 0.2) is 0 Å². The lowest BCUT2D eigenvalue weighted by atomic mass is 9.98. The molecule has 8 heteroatoms. The molecule has 37 heavy (non-hydrogen) atoms. The third-order valence-corrected chi connectivity index (χ3v) is 6.48. The van der Waals surface area contributed by atoms with Gasteiger partial charge >= 0.3 is 0 Å². The average Bonchev–Trinajstić information content (AvgIpc) is 3.55. The highest BCUT2D eigenvalue weighted by atomic mass is 16.3. The number of anilines is 2. The Morgan fingerprint density at radius 2 is 1.78 bits per heavy atom. The number of pyridine rings is 2. The third kappa shape index (κ3) is 4.43. The molecule has 0 spiro atoms. The molecule has 0 atom stereocenters. The van der Waals surface area contributed by atoms with Gasteiger partial charge in [0.1, 0.15) is 5.82 Å². The summed E-state index contributed by atoms with van der Waals surface area (Å²) in [4.78, 5) is 13.5. The number of hydrogen-bond donors (Lipinski definition) is 2. The van der Waals surface area contributed by atoms with Gasteiger partial charge in [-0.2, -0.15) is 5.10 Å². The van der Waals surface area contributed by atoms with Gasteiger partial charge in [0.2, 0.25) is 0 Å². The molecule has 2 aromatic carbocycles. The van der Waals surface area contributed by atoms with Crippen LogP contribution in [0.15, 0.2) is 85.8 Å². The molecular formula is C29H27N7O. The van der Waals surface area contributed by atoms with E-state index in [0.29, 0.717) is 6.54 Å². The van der Waals surface area contributed by atoms with Crippen molar-refractivity contribution in [3.8, 4) is 16.9 Å². The number of aromatic nitrogens is 6. The number of benzene rings is 2. The number of rotatable bonds is 6. The summed E-state index contributed by atoms with van der Waals surface area (Å²) in [5, 5.41) is 21.3. The lowest BCUT2D eigenvalue weighted by molar-refractivity contribution is 0.0591. The first-order valence-electron chi connectivity index (χ1n) is 12.1. The first-order valence-corrected chi connectivity index (χ1v) is 12.1. The summed E-state index contributed by atoms with van der Waals surface area (Å²) in [7, 11) is 0. The summed E-state index contributed by atoms with van der Waals surface area (Å²) in [5.41, 5.74) is 5.16. The number of hydrogen-bond acceptors (Lipinski definition) is 6. The van der Waals surface area contributed by atoms with Crippen LogP contribution >= 0.6 is 0 Å². The first kappa shape index (κ1) is 22.9. The molecule has 0 aliphatic carbocycles. The Morgan fingerprint density at radius 1 is 0.946 bits per heavy atom. The van der Waals surface area contributed by atoms with Crippen LogP contribution in [0.25, 0.3) is 38.6 Å². The molecule has 0 bridgehead atoms. The van der Waals surface area contributed by atoms with E-state index in [-0.39, 0.29) is 0 Å². The Hall–Kier alpha value is -4.56. The topological polar surface area (TPSA) is 93.7 Å². The van der Waals surface area contributed by atoms with E-state index in [0.717, 1.165) is 55.7 Å². The van der Waals surface area contributed by atoms with Crippen LogP contribution in [0, 0.1) is 6.92 Å². The Bertz CT molecular complexity index is 1710. The number of imidazole rings is 1. The molecule has 0 saturated carbocycles. The maximum absolute atomic E-state index is 10.3. The summed E-state index contributed by atoms with van der Waals surface area (Å²) >= 11 is 0. The molecule has 0 radical (unpaired) electrons. The van der Waals surface area contributed by atoms with Crippen LogP contribution in [0.1, 0.15) is 19.4 Å². The fraction of sp³-hybridized carbons (Fsp3) is 0.172. The summed E-state index contributed by atoms with van der Waals surface area (Å²) in [6.07, 6.45) is 11.0. The van der Waals surface area contributed by atoms with Crippen LogP contribution in [-0.2, 0) is 6.54 Å². The molecule has 4 heterocycles. The molecule has 8 nitrogen and oxygen atoms in total. The predicted octanol–water partition coefficient (Wildman–Crippen LogP) is 5.66. The molecule has 0 saturated heterocycles. The van der Waals surface area contributed by atoms with Crippen molar-refractivity contribution in [3.05, 3.63) is 91.4 Å². The van der Waals surface area contributed by atoms with Gasteiger partial charge in [0, 0.05) is 57.9 Å². The molecule has 6 rings (SSSR count). The summed E-state index contributed by atoms with van der Waals surface area (Å²) in [6.45, 7) is 6.09. The van der Waals surface area contributed by atoms with Crippen LogP contribution in [0.2, 0.25) is 0 Å². The van der Waals surface area contributed by atoms with Gasteiger partial charge < -0.3 is 15.0 Å². The van der Waals surface area contributed by atoms with Crippen molar-refractivity contribution >= 4 is 33.2 Å². The predicted molar refractivity (Wildman–Crippen MR) is 146 cm³/mol. The number of nitrogens with one attached hydrogen (secondary N) is 1. The van der Waals surface area contributed by atoms with Crippen molar-refractivity contribution in [3.63, 3.8) is 0 Å². The zero-order chi connectivity index (χ0) is 25.6. The molecule has 0 aliphatic rings. The second-order valence-electron chi connectivity index (χ2n) is 9.88. The van der Waals surface area contributed by atoms with Crippen LogP contribution in [0.4, 0.5) is 11.5 Å². The van der Waals surface area contributed by atoms with Gasteiger partial charge in [0.05, 0.1) is 35.9 Å². The Morgan fingerprint density at radius 3 is 2.54 bits per heavy atom. The van der Waals surface area contributed by atoms with Crippen LogP contribution in [0.5, 0.6) is 0 Å². The Kier molecular flexibility index (Phi) is 5.46. The summed E-state index contributed by atoms with van der Waals surface area (Å²) < 4.78 is 3.82. The fourth-order valence-corrected chi connectivity index (χ4v) is 4.67. The third-order valence-electron chi connectivity index (χ3n) is 6.48. The van der Waals surface area contributed by atoms with E-state index in [9.17, 15) is 5.11 Å². The average molecular weight is 490 g/mol. The molecule has 0 aliphatic heterocycles. The Balaban J connectivity index is 1.36. The van der Waals surface area contributed by atoms with E-state index in [1.54, 1.807) is 26.4 Å². The van der Waals surface area contributed by atoms with Crippen LogP contribution in [-0.4, -0.2) is 40.0 Å². The standard InChI is InChI=1S/C29H27N7O/c1-19-23(8-9-26-25(19)16-33-36(26)17-29(2,3)37)28-24-14-27(32-15-20(24)10-11-31-28)34-21-4-6-22(7-5-21)35-13-12-30-18-35/h4-16,18,37H,17H2,1-3H3,(H,32,34). The van der Waals surface area contributed by atoms with Gasteiger partial charge in [0.25, 0.3) is 0 Å². The van der Waals surface area contributed by atoms with Crippen molar-refractivity contribution in [1.29, 1.82) is 0 Å². The van der Waals surface area contributed by atoms with Gasteiger partial charge in [-0.05, 0) is 68.8 Å². The zero-order valence-corrected chi connectivity index (χ0v) is 20.9. The van der Waals surface area contributed by atoms with Crippen LogP contribution < -0.4 is 5.32 Å². The van der Waals surface area contributed by atoms with Crippen molar-refractivity contribution in [2.75, 3.05) is 5.32 Å². The Labute approximate surface area is 214 Å². The SMILES string of the molecule is Cc1c(-c2nccc3cnc(Nc4ccc(-n5ccnc5)cc4)cc23)ccc2c1cnn2CC(C)(C)O. The van der Waals surface area contributed by atoms with E-state index in [1.165, 1.54) is 0 Å². The number of fused-ring (bicyclic) bond motifs is 2. The van der Waals surface area contributed by atoms with Gasteiger partial charge in [-0.3, -0.25) is 9.67 Å². The highest BCUT2D eigenvalue weighted by Gasteiger charge is 2.18. The lowest BCUT2D eigenvalue weighted by Crippen LogP contribution is -2.26. The molecule has 0 fully saturated rings. The normalized spacial score (nSPS) is 11.9. The molecule has 2 N–H and O–H groups in total. The van der Waals surface area contributed by atoms with E-state index >= 15 is 0 Å². The minimum Gasteiger partial charge on any atom is -0.389 e. The first-order chi connectivity index (χ1) is 17.9. The molecule has 0 amide bonds. The zero-order valence-electron chi connectivity index (χ0n) is 20.9. The maximum Gasteiger partial charge on any atom is 0.130 e. The lowest BCUT2D eigenvalue weighted by Gasteiger charge is -2.18. The number of nitrogens with zero attached hydrogens (tertiary/aromatic N) is 6.